The molecule has 0 bridgehead atoms. The van der Waals surface area contributed by atoms with Gasteiger partial charge in [-0.15, -0.1) is 0 Å². The average molecular weight is 256 g/mol. The van der Waals surface area contributed by atoms with Crippen molar-refractivity contribution < 1.29 is 9.53 Å². The SMILES string of the molecule is COCc1cccc(NC(=O)Nc2ccccc2)c1. The summed E-state index contributed by atoms with van der Waals surface area (Å²) in [7, 11) is 1.64. The Morgan fingerprint density at radius 3 is 2.42 bits per heavy atom. The van der Waals surface area contributed by atoms with E-state index in [2.05, 4.69) is 10.6 Å². The molecule has 2 aromatic rings. The quantitative estimate of drug-likeness (QED) is 0.880. The van der Waals surface area contributed by atoms with E-state index in [0.717, 1.165) is 16.9 Å². The van der Waals surface area contributed by atoms with Crippen molar-refractivity contribution in [2.45, 2.75) is 6.61 Å². The highest BCUT2D eigenvalue weighted by Gasteiger charge is 2.02. The second-order valence-corrected chi connectivity index (χ2v) is 4.08. The van der Waals surface area contributed by atoms with Gasteiger partial charge in [-0.1, -0.05) is 30.3 Å². The lowest BCUT2D eigenvalue weighted by atomic mass is 10.2. The van der Waals surface area contributed by atoms with Crippen LogP contribution >= 0.6 is 0 Å². The predicted molar refractivity (Wildman–Crippen MR) is 76.2 cm³/mol. The first kappa shape index (κ1) is 13.1. The zero-order chi connectivity index (χ0) is 13.5. The molecule has 0 aromatic heterocycles. The van der Waals surface area contributed by atoms with Gasteiger partial charge >= 0.3 is 6.03 Å². The van der Waals surface area contributed by atoms with Crippen molar-refractivity contribution in [1.82, 2.24) is 0 Å². The minimum Gasteiger partial charge on any atom is -0.380 e. The molecule has 0 heterocycles. The number of carbonyl (C=O) groups is 1. The molecular formula is C15H16N2O2. The van der Waals surface area contributed by atoms with Crippen LogP contribution in [-0.2, 0) is 11.3 Å². The van der Waals surface area contributed by atoms with Gasteiger partial charge in [0.1, 0.15) is 0 Å². The first-order chi connectivity index (χ1) is 9.28. The van der Waals surface area contributed by atoms with E-state index in [-0.39, 0.29) is 6.03 Å². The molecule has 0 spiro atoms. The molecule has 0 saturated carbocycles. The summed E-state index contributed by atoms with van der Waals surface area (Å²) in [5.74, 6) is 0. The minimum atomic E-state index is -0.263. The maximum Gasteiger partial charge on any atom is 0.323 e. The number of hydrogen-bond acceptors (Lipinski definition) is 2. The first-order valence-electron chi connectivity index (χ1n) is 5.99. The Labute approximate surface area is 112 Å². The van der Waals surface area contributed by atoms with Crippen LogP contribution in [0.3, 0.4) is 0 Å². The Morgan fingerprint density at radius 2 is 1.68 bits per heavy atom. The number of hydrogen-bond donors (Lipinski definition) is 2. The average Bonchev–Trinajstić information content (AvgIpc) is 2.40. The van der Waals surface area contributed by atoms with E-state index in [1.807, 2.05) is 54.6 Å². The van der Waals surface area contributed by atoms with Gasteiger partial charge in [-0.3, -0.25) is 0 Å². The Hall–Kier alpha value is -2.33. The van der Waals surface area contributed by atoms with Crippen LogP contribution in [0.4, 0.5) is 16.2 Å². The smallest absolute Gasteiger partial charge is 0.323 e. The number of nitrogens with one attached hydrogen (secondary N) is 2. The van der Waals surface area contributed by atoms with E-state index in [0.29, 0.717) is 6.61 Å². The molecule has 2 N–H and O–H groups in total. The molecule has 0 aliphatic carbocycles. The highest BCUT2D eigenvalue weighted by Crippen LogP contribution is 2.12. The lowest BCUT2D eigenvalue weighted by Gasteiger charge is -2.08. The predicted octanol–water partition coefficient (Wildman–Crippen LogP) is 3.48. The van der Waals surface area contributed by atoms with Gasteiger partial charge in [0.2, 0.25) is 0 Å². The van der Waals surface area contributed by atoms with Gasteiger partial charge in [-0.05, 0) is 29.8 Å². The molecule has 2 rings (SSSR count). The van der Waals surface area contributed by atoms with Crippen LogP contribution in [0.5, 0.6) is 0 Å². The first-order valence-corrected chi connectivity index (χ1v) is 5.99. The molecule has 0 aliphatic heterocycles. The monoisotopic (exact) mass is 256 g/mol. The van der Waals surface area contributed by atoms with Crippen LogP contribution in [0.1, 0.15) is 5.56 Å². The number of methoxy groups -OCH3 is 1. The minimum absolute atomic E-state index is 0.263. The number of benzene rings is 2. The summed E-state index contributed by atoms with van der Waals surface area (Å²) >= 11 is 0. The molecule has 98 valence electrons. The zero-order valence-corrected chi connectivity index (χ0v) is 10.7. The summed E-state index contributed by atoms with van der Waals surface area (Å²) in [4.78, 5) is 11.8. The lowest BCUT2D eigenvalue weighted by molar-refractivity contribution is 0.185. The van der Waals surface area contributed by atoms with Gasteiger partial charge in [-0.2, -0.15) is 0 Å². The van der Waals surface area contributed by atoms with E-state index in [4.69, 9.17) is 4.74 Å². The topological polar surface area (TPSA) is 50.4 Å². The molecule has 4 nitrogen and oxygen atoms in total. The highest BCUT2D eigenvalue weighted by molar-refractivity contribution is 5.99. The fourth-order valence-electron chi connectivity index (χ4n) is 1.72. The number of anilines is 2. The number of amides is 2. The van der Waals surface area contributed by atoms with Crippen LogP contribution in [0, 0.1) is 0 Å². The zero-order valence-electron chi connectivity index (χ0n) is 10.7. The van der Waals surface area contributed by atoms with Gasteiger partial charge in [0.25, 0.3) is 0 Å². The summed E-state index contributed by atoms with van der Waals surface area (Å²) in [6.45, 7) is 0.524. The maximum atomic E-state index is 11.8. The van der Waals surface area contributed by atoms with Crippen LogP contribution in [0.15, 0.2) is 54.6 Å². The number of ether oxygens (including phenoxy) is 1. The molecule has 0 fully saturated rings. The highest BCUT2D eigenvalue weighted by atomic mass is 16.5. The van der Waals surface area contributed by atoms with E-state index >= 15 is 0 Å². The summed E-state index contributed by atoms with van der Waals surface area (Å²) in [6.07, 6.45) is 0. The van der Waals surface area contributed by atoms with Crippen molar-refractivity contribution in [3.8, 4) is 0 Å². The largest absolute Gasteiger partial charge is 0.380 e. The van der Waals surface area contributed by atoms with E-state index in [1.54, 1.807) is 7.11 Å². The van der Waals surface area contributed by atoms with Crippen LogP contribution < -0.4 is 10.6 Å². The Kier molecular flexibility index (Phi) is 4.53. The lowest BCUT2D eigenvalue weighted by Crippen LogP contribution is -2.19. The second kappa shape index (κ2) is 6.56. The van der Waals surface area contributed by atoms with Crippen molar-refractivity contribution in [2.24, 2.45) is 0 Å². The molecule has 0 unspecified atom stereocenters. The van der Waals surface area contributed by atoms with Crippen molar-refractivity contribution >= 4 is 17.4 Å². The number of para-hydroxylation sites is 1. The van der Waals surface area contributed by atoms with Gasteiger partial charge < -0.3 is 15.4 Å². The fourth-order valence-corrected chi connectivity index (χ4v) is 1.72. The van der Waals surface area contributed by atoms with Gasteiger partial charge in [0.05, 0.1) is 6.61 Å². The standard InChI is InChI=1S/C15H16N2O2/c1-19-11-12-6-5-9-14(10-12)17-15(18)16-13-7-3-2-4-8-13/h2-10H,11H2,1H3,(H2,16,17,18). The third kappa shape index (κ3) is 4.12. The number of rotatable bonds is 4. The molecule has 0 atom stereocenters. The molecule has 2 amide bonds. The van der Waals surface area contributed by atoms with E-state index in [9.17, 15) is 4.79 Å². The van der Waals surface area contributed by atoms with Crippen LogP contribution in [0.2, 0.25) is 0 Å². The molecule has 4 heteroatoms. The molecule has 0 radical (unpaired) electrons. The normalized spacial score (nSPS) is 9.95. The fraction of sp³-hybridized carbons (Fsp3) is 0.133. The Balaban J connectivity index is 1.97. The van der Waals surface area contributed by atoms with E-state index < -0.39 is 0 Å². The van der Waals surface area contributed by atoms with Crippen LogP contribution in [-0.4, -0.2) is 13.1 Å². The molecule has 0 aliphatic rings. The van der Waals surface area contributed by atoms with Crippen molar-refractivity contribution in [2.75, 3.05) is 17.7 Å². The third-order valence-electron chi connectivity index (χ3n) is 2.53. The van der Waals surface area contributed by atoms with Gasteiger partial charge in [0.15, 0.2) is 0 Å². The molecular weight excluding hydrogens is 240 g/mol. The molecule has 0 saturated heterocycles. The van der Waals surface area contributed by atoms with Crippen molar-refractivity contribution in [3.05, 3.63) is 60.2 Å². The van der Waals surface area contributed by atoms with E-state index in [1.165, 1.54) is 0 Å². The van der Waals surface area contributed by atoms with Gasteiger partial charge in [-0.25, -0.2) is 4.79 Å². The van der Waals surface area contributed by atoms with Gasteiger partial charge in [0, 0.05) is 18.5 Å². The summed E-state index contributed by atoms with van der Waals surface area (Å²) in [5, 5.41) is 5.54. The van der Waals surface area contributed by atoms with Crippen molar-refractivity contribution in [3.63, 3.8) is 0 Å². The summed E-state index contributed by atoms with van der Waals surface area (Å²) in [5.41, 5.74) is 2.51. The van der Waals surface area contributed by atoms with Crippen LogP contribution in [0.25, 0.3) is 0 Å². The Bertz CT molecular complexity index is 541. The van der Waals surface area contributed by atoms with Crippen molar-refractivity contribution in [1.29, 1.82) is 0 Å². The number of urea groups is 1. The maximum absolute atomic E-state index is 11.8. The molecule has 19 heavy (non-hydrogen) atoms. The Morgan fingerprint density at radius 1 is 1.00 bits per heavy atom. The number of carbonyl (C=O) groups excluding carboxylic acids is 1. The summed E-state index contributed by atoms with van der Waals surface area (Å²) in [6, 6.07) is 16.6. The molecule has 2 aromatic carbocycles. The second-order valence-electron chi connectivity index (χ2n) is 4.08. The third-order valence-corrected chi connectivity index (χ3v) is 2.53. The summed E-state index contributed by atoms with van der Waals surface area (Å²) < 4.78 is 5.06.